The molecule has 1 aromatic rings. The first kappa shape index (κ1) is 17.2. The maximum atomic E-state index is 12.5. The van der Waals surface area contributed by atoms with Gasteiger partial charge in [0.25, 0.3) is 11.2 Å². The predicted molar refractivity (Wildman–Crippen MR) is 95.6 cm³/mol. The number of carbonyl (C=O) groups is 1. The van der Waals surface area contributed by atoms with Crippen LogP contribution < -0.4 is 10.9 Å². The average molecular weight is 359 g/mol. The highest BCUT2D eigenvalue weighted by Gasteiger charge is 2.53. The summed E-state index contributed by atoms with van der Waals surface area (Å²) in [6.07, 6.45) is 8.76. The third-order valence-electron chi connectivity index (χ3n) is 6.87. The molecule has 1 atom stereocenters. The van der Waals surface area contributed by atoms with Crippen molar-refractivity contribution in [3.05, 3.63) is 38.8 Å². The van der Waals surface area contributed by atoms with Crippen molar-refractivity contribution in [2.24, 2.45) is 23.2 Å². The van der Waals surface area contributed by atoms with Gasteiger partial charge in [-0.3, -0.25) is 24.3 Å². The van der Waals surface area contributed by atoms with Gasteiger partial charge in [-0.25, -0.2) is 0 Å². The number of rotatable bonds is 5. The van der Waals surface area contributed by atoms with Crippen LogP contribution in [-0.2, 0) is 11.3 Å². The van der Waals surface area contributed by atoms with Crippen LogP contribution in [0.5, 0.6) is 0 Å². The molecule has 0 radical (unpaired) electrons. The average Bonchev–Trinajstić information content (AvgIpc) is 2.55. The number of hydrogen-bond donors (Lipinski definition) is 1. The monoisotopic (exact) mass is 359 g/mol. The van der Waals surface area contributed by atoms with Gasteiger partial charge in [0.05, 0.1) is 11.1 Å². The third kappa shape index (κ3) is 3.04. The summed E-state index contributed by atoms with van der Waals surface area (Å²) in [5.41, 5.74) is -0.405. The zero-order valence-corrected chi connectivity index (χ0v) is 15.0. The lowest BCUT2D eigenvalue weighted by Crippen LogP contribution is -2.56. The molecule has 1 aromatic heterocycles. The fourth-order valence-corrected chi connectivity index (χ4v) is 6.05. The van der Waals surface area contributed by atoms with E-state index >= 15 is 0 Å². The van der Waals surface area contributed by atoms with E-state index in [-0.39, 0.29) is 29.6 Å². The molecule has 26 heavy (non-hydrogen) atoms. The lowest BCUT2D eigenvalue weighted by Gasteiger charge is -2.59. The molecular weight excluding hydrogens is 334 g/mol. The summed E-state index contributed by atoms with van der Waals surface area (Å²) in [6.45, 7) is 1.90. The maximum Gasteiger partial charge on any atom is 0.285 e. The molecule has 4 fully saturated rings. The predicted octanol–water partition coefficient (Wildman–Crippen LogP) is 2.48. The molecule has 140 valence electrons. The molecule has 1 unspecified atom stereocenters. The van der Waals surface area contributed by atoms with E-state index in [1.165, 1.54) is 38.5 Å². The lowest BCUT2D eigenvalue weighted by atomic mass is 9.48. The van der Waals surface area contributed by atoms with Crippen molar-refractivity contribution >= 4 is 11.6 Å². The van der Waals surface area contributed by atoms with E-state index in [1.54, 1.807) is 0 Å². The third-order valence-corrected chi connectivity index (χ3v) is 6.87. The Morgan fingerprint density at radius 2 is 1.85 bits per heavy atom. The molecule has 1 amide bonds. The fraction of sp³-hybridized carbons (Fsp3) is 0.684. The molecule has 4 aliphatic rings. The quantitative estimate of drug-likeness (QED) is 0.645. The Hall–Kier alpha value is -2.18. The van der Waals surface area contributed by atoms with Crippen molar-refractivity contribution in [2.45, 2.75) is 58.0 Å². The van der Waals surface area contributed by atoms with E-state index in [4.69, 9.17) is 0 Å². The van der Waals surface area contributed by atoms with Crippen LogP contribution in [0, 0.1) is 33.3 Å². The Balaban J connectivity index is 1.45. The standard InChI is InChI=1S/C19H25N3O4/c1-12(19-7-13-4-14(8-19)6-15(5-13)9-19)20-17(23)11-21-10-16(22(25)26)2-3-18(21)24/h2-3,10,12-15H,4-9,11H2,1H3,(H,20,23). The molecular formula is C19H25N3O4. The minimum atomic E-state index is -0.564. The summed E-state index contributed by atoms with van der Waals surface area (Å²) < 4.78 is 1.11. The molecule has 5 rings (SSSR count). The van der Waals surface area contributed by atoms with Crippen LogP contribution in [0.1, 0.15) is 45.4 Å². The van der Waals surface area contributed by atoms with Gasteiger partial charge in [0, 0.05) is 18.2 Å². The normalized spacial score (nSPS) is 33.0. The van der Waals surface area contributed by atoms with Gasteiger partial charge in [-0.05, 0) is 68.6 Å². The number of aromatic nitrogens is 1. The van der Waals surface area contributed by atoms with Crippen LogP contribution in [0.3, 0.4) is 0 Å². The van der Waals surface area contributed by atoms with Gasteiger partial charge in [0.2, 0.25) is 5.91 Å². The second-order valence-electron chi connectivity index (χ2n) is 8.68. The Kier molecular flexibility index (Phi) is 4.12. The Morgan fingerprint density at radius 3 is 2.38 bits per heavy atom. The van der Waals surface area contributed by atoms with Gasteiger partial charge < -0.3 is 5.32 Å². The van der Waals surface area contributed by atoms with Crippen molar-refractivity contribution in [1.82, 2.24) is 9.88 Å². The highest BCUT2D eigenvalue weighted by molar-refractivity contribution is 5.76. The van der Waals surface area contributed by atoms with Crippen LogP contribution in [0.15, 0.2) is 23.1 Å². The number of nitro groups is 1. The topological polar surface area (TPSA) is 94.2 Å². The molecule has 7 heteroatoms. The van der Waals surface area contributed by atoms with E-state index in [0.717, 1.165) is 40.7 Å². The minimum absolute atomic E-state index is 0.0674. The largest absolute Gasteiger partial charge is 0.352 e. The molecule has 0 aromatic carbocycles. The molecule has 1 N–H and O–H groups in total. The summed E-state index contributed by atoms with van der Waals surface area (Å²) in [5.74, 6) is 2.16. The number of hydrogen-bond acceptors (Lipinski definition) is 4. The highest BCUT2D eigenvalue weighted by atomic mass is 16.6. The Morgan fingerprint density at radius 1 is 1.27 bits per heavy atom. The van der Waals surface area contributed by atoms with Crippen molar-refractivity contribution in [3.8, 4) is 0 Å². The highest BCUT2D eigenvalue weighted by Crippen LogP contribution is 2.61. The van der Waals surface area contributed by atoms with Crippen molar-refractivity contribution < 1.29 is 9.72 Å². The SMILES string of the molecule is CC(NC(=O)Cn1cc([N+](=O)[O-])ccc1=O)C12CC3CC(CC(C3)C1)C2. The van der Waals surface area contributed by atoms with Crippen LogP contribution in [0.2, 0.25) is 0 Å². The van der Waals surface area contributed by atoms with Crippen molar-refractivity contribution in [2.75, 3.05) is 0 Å². The Bertz CT molecular complexity index is 765. The number of nitrogens with zero attached hydrogens (tertiary/aromatic N) is 2. The summed E-state index contributed by atoms with van der Waals surface area (Å²) >= 11 is 0. The molecule has 7 nitrogen and oxygen atoms in total. The van der Waals surface area contributed by atoms with E-state index in [9.17, 15) is 19.7 Å². The van der Waals surface area contributed by atoms with Gasteiger partial charge in [-0.2, -0.15) is 0 Å². The summed E-state index contributed by atoms with van der Waals surface area (Å²) in [6, 6.07) is 2.36. The fourth-order valence-electron chi connectivity index (χ4n) is 6.05. The number of amides is 1. The van der Waals surface area contributed by atoms with Crippen molar-refractivity contribution in [3.63, 3.8) is 0 Å². The van der Waals surface area contributed by atoms with Crippen LogP contribution in [-0.4, -0.2) is 21.4 Å². The first-order chi connectivity index (χ1) is 12.3. The van der Waals surface area contributed by atoms with Crippen LogP contribution >= 0.6 is 0 Å². The molecule has 1 heterocycles. The molecule has 4 aliphatic carbocycles. The second-order valence-corrected chi connectivity index (χ2v) is 8.68. The summed E-state index contributed by atoms with van der Waals surface area (Å²) in [4.78, 5) is 34.7. The van der Waals surface area contributed by atoms with E-state index in [0.29, 0.717) is 0 Å². The summed E-state index contributed by atoms with van der Waals surface area (Å²) in [7, 11) is 0. The summed E-state index contributed by atoms with van der Waals surface area (Å²) in [5, 5.41) is 14.0. The lowest BCUT2D eigenvalue weighted by molar-refractivity contribution is -0.385. The van der Waals surface area contributed by atoms with Crippen LogP contribution in [0.25, 0.3) is 0 Å². The maximum absolute atomic E-state index is 12.5. The van der Waals surface area contributed by atoms with Crippen LogP contribution in [0.4, 0.5) is 5.69 Å². The van der Waals surface area contributed by atoms with Crippen molar-refractivity contribution in [1.29, 1.82) is 0 Å². The smallest absolute Gasteiger partial charge is 0.285 e. The molecule has 0 aliphatic heterocycles. The zero-order chi connectivity index (χ0) is 18.5. The van der Waals surface area contributed by atoms with Gasteiger partial charge in [0.1, 0.15) is 6.54 Å². The zero-order valence-electron chi connectivity index (χ0n) is 15.0. The second kappa shape index (κ2) is 6.21. The minimum Gasteiger partial charge on any atom is -0.352 e. The van der Waals surface area contributed by atoms with Gasteiger partial charge in [-0.1, -0.05) is 0 Å². The number of carbonyl (C=O) groups excluding carboxylic acids is 1. The van der Waals surface area contributed by atoms with Gasteiger partial charge in [0.15, 0.2) is 0 Å². The first-order valence-corrected chi connectivity index (χ1v) is 9.49. The molecule has 4 bridgehead atoms. The molecule has 4 saturated carbocycles. The number of nitrogens with one attached hydrogen (secondary N) is 1. The first-order valence-electron chi connectivity index (χ1n) is 9.49. The Labute approximate surface area is 151 Å². The van der Waals surface area contributed by atoms with Gasteiger partial charge >= 0.3 is 0 Å². The number of pyridine rings is 1. The van der Waals surface area contributed by atoms with E-state index in [1.807, 2.05) is 0 Å². The van der Waals surface area contributed by atoms with Gasteiger partial charge in [-0.15, -0.1) is 0 Å². The molecule has 0 spiro atoms. The molecule has 0 saturated heterocycles. The van der Waals surface area contributed by atoms with E-state index in [2.05, 4.69) is 12.2 Å². The van der Waals surface area contributed by atoms with E-state index < -0.39 is 10.5 Å².